The molecule has 1 N–H and O–H groups in total. The lowest BCUT2D eigenvalue weighted by atomic mass is 10.1. The Labute approximate surface area is 118 Å². The number of para-hydroxylation sites is 1. The summed E-state index contributed by atoms with van der Waals surface area (Å²) in [4.78, 5) is 3.31. The number of fused-ring (bicyclic) bond motifs is 1. The molecule has 0 aliphatic carbocycles. The molecule has 0 fully saturated rings. The molecule has 3 rings (SSSR count). The Morgan fingerprint density at radius 3 is 2.70 bits per heavy atom. The van der Waals surface area contributed by atoms with Crippen LogP contribution in [0, 0.1) is 6.92 Å². The standard InChI is InChI=1S/C17H17NO2/c1-12-5-3-8-16-13(10-18-17(12)16)11-20-15-7-4-6-14(9-15)19-2/h3-10,18H,11H2,1-2H3. The number of rotatable bonds is 4. The number of aromatic amines is 1. The van der Waals surface area contributed by atoms with Crippen LogP contribution in [0.15, 0.2) is 48.7 Å². The number of aryl methyl sites for hydroxylation is 1. The number of hydrogen-bond acceptors (Lipinski definition) is 2. The summed E-state index contributed by atoms with van der Waals surface area (Å²) in [6, 6.07) is 13.9. The van der Waals surface area contributed by atoms with Gasteiger partial charge < -0.3 is 14.5 Å². The molecule has 3 aromatic rings. The van der Waals surface area contributed by atoms with Crippen LogP contribution in [0.5, 0.6) is 11.5 Å². The number of H-pyrrole nitrogens is 1. The fourth-order valence-corrected chi connectivity index (χ4v) is 2.34. The van der Waals surface area contributed by atoms with Crippen molar-refractivity contribution < 1.29 is 9.47 Å². The van der Waals surface area contributed by atoms with Crippen LogP contribution in [-0.4, -0.2) is 12.1 Å². The van der Waals surface area contributed by atoms with Gasteiger partial charge in [-0.3, -0.25) is 0 Å². The maximum absolute atomic E-state index is 5.84. The van der Waals surface area contributed by atoms with Crippen molar-refractivity contribution in [2.75, 3.05) is 7.11 Å². The van der Waals surface area contributed by atoms with Crippen molar-refractivity contribution in [2.24, 2.45) is 0 Å². The molecule has 1 aromatic heterocycles. The smallest absolute Gasteiger partial charge is 0.123 e. The van der Waals surface area contributed by atoms with E-state index in [1.165, 1.54) is 16.5 Å². The van der Waals surface area contributed by atoms with Crippen molar-refractivity contribution in [3.8, 4) is 11.5 Å². The first-order chi connectivity index (χ1) is 9.78. The van der Waals surface area contributed by atoms with Crippen LogP contribution in [0.2, 0.25) is 0 Å². The average Bonchev–Trinajstić information content (AvgIpc) is 2.90. The third kappa shape index (κ3) is 2.35. The third-order valence-electron chi connectivity index (χ3n) is 3.45. The Bertz CT molecular complexity index is 731. The number of ether oxygens (including phenoxy) is 2. The predicted molar refractivity (Wildman–Crippen MR) is 80.4 cm³/mol. The highest BCUT2D eigenvalue weighted by Crippen LogP contribution is 2.24. The number of aromatic nitrogens is 1. The number of hydrogen-bond donors (Lipinski definition) is 1. The van der Waals surface area contributed by atoms with Crippen LogP contribution >= 0.6 is 0 Å². The normalized spacial score (nSPS) is 10.7. The molecule has 0 aliphatic heterocycles. The van der Waals surface area contributed by atoms with E-state index in [1.54, 1.807) is 7.11 Å². The van der Waals surface area contributed by atoms with E-state index < -0.39 is 0 Å². The van der Waals surface area contributed by atoms with Gasteiger partial charge in [0.15, 0.2) is 0 Å². The summed E-state index contributed by atoms with van der Waals surface area (Å²) in [5.41, 5.74) is 3.58. The minimum Gasteiger partial charge on any atom is -0.497 e. The quantitative estimate of drug-likeness (QED) is 0.773. The Morgan fingerprint density at radius 1 is 1.05 bits per heavy atom. The van der Waals surface area contributed by atoms with Gasteiger partial charge in [0.25, 0.3) is 0 Å². The van der Waals surface area contributed by atoms with Crippen molar-refractivity contribution >= 4 is 10.9 Å². The second-order valence-electron chi connectivity index (χ2n) is 4.78. The highest BCUT2D eigenvalue weighted by Gasteiger charge is 2.06. The summed E-state index contributed by atoms with van der Waals surface area (Å²) < 4.78 is 11.0. The summed E-state index contributed by atoms with van der Waals surface area (Å²) in [6.07, 6.45) is 2.01. The molecule has 0 spiro atoms. The molecule has 0 atom stereocenters. The molecule has 0 unspecified atom stereocenters. The highest BCUT2D eigenvalue weighted by molar-refractivity contribution is 5.85. The lowest BCUT2D eigenvalue weighted by molar-refractivity contribution is 0.305. The van der Waals surface area contributed by atoms with Gasteiger partial charge in [0.05, 0.1) is 7.11 Å². The first-order valence-electron chi connectivity index (χ1n) is 6.60. The SMILES string of the molecule is COc1cccc(OCc2c[nH]c3c(C)cccc23)c1. The van der Waals surface area contributed by atoms with Crippen molar-refractivity contribution in [3.63, 3.8) is 0 Å². The number of nitrogens with one attached hydrogen (secondary N) is 1. The van der Waals surface area contributed by atoms with Crippen LogP contribution in [0.4, 0.5) is 0 Å². The second-order valence-corrected chi connectivity index (χ2v) is 4.78. The largest absolute Gasteiger partial charge is 0.497 e. The zero-order valence-electron chi connectivity index (χ0n) is 11.6. The summed E-state index contributed by atoms with van der Waals surface area (Å²) in [5, 5.41) is 1.22. The van der Waals surface area contributed by atoms with E-state index in [1.807, 2.05) is 30.5 Å². The van der Waals surface area contributed by atoms with Gasteiger partial charge in [-0.25, -0.2) is 0 Å². The Morgan fingerprint density at radius 2 is 1.85 bits per heavy atom. The Kier molecular flexibility index (Phi) is 3.33. The summed E-state index contributed by atoms with van der Waals surface area (Å²) in [6.45, 7) is 2.64. The van der Waals surface area contributed by atoms with Gasteiger partial charge in [-0.05, 0) is 24.6 Å². The van der Waals surface area contributed by atoms with E-state index in [0.29, 0.717) is 6.61 Å². The van der Waals surface area contributed by atoms with Gasteiger partial charge in [-0.15, -0.1) is 0 Å². The van der Waals surface area contributed by atoms with E-state index in [9.17, 15) is 0 Å². The lowest BCUT2D eigenvalue weighted by Crippen LogP contribution is -1.94. The Balaban J connectivity index is 1.81. The first-order valence-corrected chi connectivity index (χ1v) is 6.60. The minimum atomic E-state index is 0.538. The van der Waals surface area contributed by atoms with Gasteiger partial charge in [-0.2, -0.15) is 0 Å². The maximum atomic E-state index is 5.84. The topological polar surface area (TPSA) is 34.2 Å². The zero-order valence-corrected chi connectivity index (χ0v) is 11.6. The number of benzene rings is 2. The summed E-state index contributed by atoms with van der Waals surface area (Å²) in [5.74, 6) is 1.61. The van der Waals surface area contributed by atoms with E-state index >= 15 is 0 Å². The van der Waals surface area contributed by atoms with Crippen molar-refractivity contribution in [1.29, 1.82) is 0 Å². The molecule has 0 bridgehead atoms. The molecular formula is C17H17NO2. The first kappa shape index (κ1) is 12.6. The van der Waals surface area contributed by atoms with Crippen molar-refractivity contribution in [1.82, 2.24) is 4.98 Å². The molecule has 0 radical (unpaired) electrons. The molecule has 0 saturated heterocycles. The van der Waals surface area contributed by atoms with Crippen molar-refractivity contribution in [3.05, 3.63) is 59.8 Å². The molecule has 102 valence electrons. The van der Waals surface area contributed by atoms with E-state index in [0.717, 1.165) is 17.1 Å². The Hall–Kier alpha value is -2.42. The molecule has 0 saturated carbocycles. The van der Waals surface area contributed by atoms with Crippen LogP contribution in [0.1, 0.15) is 11.1 Å². The fourth-order valence-electron chi connectivity index (χ4n) is 2.34. The highest BCUT2D eigenvalue weighted by atomic mass is 16.5. The summed E-state index contributed by atoms with van der Waals surface area (Å²) in [7, 11) is 1.65. The molecule has 3 nitrogen and oxygen atoms in total. The van der Waals surface area contributed by atoms with Gasteiger partial charge in [-0.1, -0.05) is 24.3 Å². The molecular weight excluding hydrogens is 250 g/mol. The van der Waals surface area contributed by atoms with E-state index in [-0.39, 0.29) is 0 Å². The minimum absolute atomic E-state index is 0.538. The molecule has 3 heteroatoms. The van der Waals surface area contributed by atoms with Crippen LogP contribution in [-0.2, 0) is 6.61 Å². The third-order valence-corrected chi connectivity index (χ3v) is 3.45. The monoisotopic (exact) mass is 267 g/mol. The predicted octanol–water partition coefficient (Wildman–Crippen LogP) is 4.06. The van der Waals surface area contributed by atoms with E-state index in [2.05, 4.69) is 30.1 Å². The maximum Gasteiger partial charge on any atom is 0.123 e. The fraction of sp³-hybridized carbons (Fsp3) is 0.176. The average molecular weight is 267 g/mol. The van der Waals surface area contributed by atoms with Crippen molar-refractivity contribution in [2.45, 2.75) is 13.5 Å². The molecule has 2 aromatic carbocycles. The van der Waals surface area contributed by atoms with Gasteiger partial charge in [0.2, 0.25) is 0 Å². The van der Waals surface area contributed by atoms with Crippen LogP contribution < -0.4 is 9.47 Å². The van der Waals surface area contributed by atoms with Gasteiger partial charge >= 0.3 is 0 Å². The molecule has 0 amide bonds. The van der Waals surface area contributed by atoms with E-state index in [4.69, 9.17) is 9.47 Å². The zero-order chi connectivity index (χ0) is 13.9. The lowest BCUT2D eigenvalue weighted by Gasteiger charge is -2.07. The molecule has 20 heavy (non-hydrogen) atoms. The van der Waals surface area contributed by atoms with Crippen LogP contribution in [0.3, 0.4) is 0 Å². The second kappa shape index (κ2) is 5.29. The van der Waals surface area contributed by atoms with Gasteiger partial charge in [0.1, 0.15) is 18.1 Å². The number of methoxy groups -OCH3 is 1. The van der Waals surface area contributed by atoms with Gasteiger partial charge in [0, 0.05) is 28.7 Å². The molecule has 0 aliphatic rings. The van der Waals surface area contributed by atoms with Crippen LogP contribution in [0.25, 0.3) is 10.9 Å². The summed E-state index contributed by atoms with van der Waals surface area (Å²) >= 11 is 0. The molecule has 1 heterocycles.